The summed E-state index contributed by atoms with van der Waals surface area (Å²) in [6.07, 6.45) is 16.0. The Kier molecular flexibility index (Phi) is 6.19. The molecule has 0 unspecified atom stereocenters. The van der Waals surface area contributed by atoms with Crippen LogP contribution < -0.4 is 0 Å². The maximum absolute atomic E-state index is 9.39. The largest absolute Gasteiger partial charge is 0.411 e. The molecule has 2 nitrogen and oxygen atoms in total. The van der Waals surface area contributed by atoms with Gasteiger partial charge in [-0.15, -0.1) is 0 Å². The molecule has 0 bridgehead atoms. The summed E-state index contributed by atoms with van der Waals surface area (Å²) < 4.78 is 0. The summed E-state index contributed by atoms with van der Waals surface area (Å²) in [7, 11) is 0. The fraction of sp³-hybridized carbons (Fsp3) is 0.893. The van der Waals surface area contributed by atoms with Crippen molar-refractivity contribution in [3.05, 3.63) is 11.6 Å². The van der Waals surface area contributed by atoms with E-state index in [-0.39, 0.29) is 0 Å². The molecule has 4 aliphatic rings. The van der Waals surface area contributed by atoms with Gasteiger partial charge < -0.3 is 5.21 Å². The molecule has 0 aromatic rings. The SMILES string of the molecule is CC1=C/C(=N\O)C[C@H]2CC[C@H]3[C@@H]4CC[C@H]([C@H](C)CCCC(C)C)[C@@]4(C)CC[C@@H]3[C@@]12C. The monoisotopic (exact) mass is 413 g/mol. The van der Waals surface area contributed by atoms with Crippen LogP contribution >= 0.6 is 0 Å². The zero-order valence-electron chi connectivity index (χ0n) is 20.6. The van der Waals surface area contributed by atoms with Crippen molar-refractivity contribution in [3.8, 4) is 0 Å². The Labute approximate surface area is 186 Å². The molecule has 0 saturated heterocycles. The van der Waals surface area contributed by atoms with Gasteiger partial charge in [0, 0.05) is 0 Å². The summed E-state index contributed by atoms with van der Waals surface area (Å²) >= 11 is 0. The van der Waals surface area contributed by atoms with Crippen LogP contribution in [0.25, 0.3) is 0 Å². The Morgan fingerprint density at radius 1 is 1.03 bits per heavy atom. The van der Waals surface area contributed by atoms with E-state index in [2.05, 4.69) is 52.8 Å². The van der Waals surface area contributed by atoms with Crippen molar-refractivity contribution in [2.24, 2.45) is 57.4 Å². The minimum atomic E-state index is 0.319. The summed E-state index contributed by atoms with van der Waals surface area (Å²) in [5.74, 6) is 6.03. The molecule has 8 atom stereocenters. The lowest BCUT2D eigenvalue weighted by atomic mass is 9.44. The van der Waals surface area contributed by atoms with Crippen LogP contribution in [0.15, 0.2) is 16.8 Å². The number of hydrogen-bond acceptors (Lipinski definition) is 2. The molecule has 0 radical (unpaired) electrons. The van der Waals surface area contributed by atoms with Crippen LogP contribution in [0.1, 0.15) is 106 Å². The lowest BCUT2D eigenvalue weighted by molar-refractivity contribution is -0.0852. The minimum absolute atomic E-state index is 0.319. The molecule has 3 fully saturated rings. The first-order valence-electron chi connectivity index (χ1n) is 13.1. The molecule has 0 spiro atoms. The van der Waals surface area contributed by atoms with E-state index in [1.54, 1.807) is 0 Å². The molecule has 3 saturated carbocycles. The van der Waals surface area contributed by atoms with Crippen molar-refractivity contribution in [2.75, 3.05) is 0 Å². The molecule has 2 heteroatoms. The smallest absolute Gasteiger partial charge is 0.0798 e. The number of hydrogen-bond donors (Lipinski definition) is 1. The predicted octanol–water partition coefficient (Wildman–Crippen LogP) is 8.10. The molecule has 30 heavy (non-hydrogen) atoms. The van der Waals surface area contributed by atoms with Gasteiger partial charge in [-0.3, -0.25) is 0 Å². The Morgan fingerprint density at radius 2 is 1.80 bits per heavy atom. The third-order valence-corrected chi connectivity index (χ3v) is 10.9. The van der Waals surface area contributed by atoms with Crippen molar-refractivity contribution >= 4 is 5.71 Å². The number of fused-ring (bicyclic) bond motifs is 5. The van der Waals surface area contributed by atoms with Gasteiger partial charge in [-0.1, -0.05) is 64.6 Å². The molecular formula is C28H47NO. The van der Waals surface area contributed by atoms with Gasteiger partial charge in [-0.25, -0.2) is 0 Å². The molecule has 4 aliphatic carbocycles. The van der Waals surface area contributed by atoms with Crippen LogP contribution in [-0.4, -0.2) is 10.9 Å². The normalized spacial score (nSPS) is 45.6. The average Bonchev–Trinajstić information content (AvgIpc) is 3.05. The third kappa shape index (κ3) is 3.49. The van der Waals surface area contributed by atoms with E-state index >= 15 is 0 Å². The number of rotatable bonds is 5. The fourth-order valence-corrected chi connectivity index (χ4v) is 9.17. The summed E-state index contributed by atoms with van der Waals surface area (Å²) in [5, 5.41) is 13.0. The average molecular weight is 414 g/mol. The van der Waals surface area contributed by atoms with Gasteiger partial charge in [0.25, 0.3) is 0 Å². The first kappa shape index (κ1) is 22.4. The predicted molar refractivity (Wildman–Crippen MR) is 127 cm³/mol. The second kappa shape index (κ2) is 8.28. The lowest BCUT2D eigenvalue weighted by Gasteiger charge is -2.60. The molecule has 0 aromatic carbocycles. The molecule has 170 valence electrons. The van der Waals surface area contributed by atoms with Gasteiger partial charge in [0.05, 0.1) is 5.71 Å². The van der Waals surface area contributed by atoms with E-state index in [9.17, 15) is 5.21 Å². The van der Waals surface area contributed by atoms with Crippen molar-refractivity contribution in [2.45, 2.75) is 106 Å². The van der Waals surface area contributed by atoms with Gasteiger partial charge in [0.2, 0.25) is 0 Å². The summed E-state index contributed by atoms with van der Waals surface area (Å²) in [6.45, 7) is 14.9. The maximum Gasteiger partial charge on any atom is 0.0798 e. The van der Waals surface area contributed by atoms with Crippen LogP contribution in [0, 0.1) is 52.3 Å². The zero-order chi connectivity index (χ0) is 21.7. The fourth-order valence-electron chi connectivity index (χ4n) is 9.17. The standard InChI is InChI=1S/C28H47NO/c1-18(2)8-7-9-19(3)24-12-13-25-23-11-10-21-17-22(29-30)16-20(4)28(21,6)26(23)14-15-27(24,25)5/h16,18-19,21,23-26,30H,7-15,17H2,1-6H3/b29-22+/t19-,21-,23+,24-,25+,26+,27-,28+/m1/s1. The molecule has 1 N–H and O–H groups in total. The van der Waals surface area contributed by atoms with Gasteiger partial charge >= 0.3 is 0 Å². The highest BCUT2D eigenvalue weighted by Gasteiger charge is 2.60. The Bertz CT molecular complexity index is 693. The quantitative estimate of drug-likeness (QED) is 0.358. The zero-order valence-corrected chi connectivity index (χ0v) is 20.6. The van der Waals surface area contributed by atoms with E-state index in [4.69, 9.17) is 0 Å². The molecule has 4 rings (SSSR count). The summed E-state index contributed by atoms with van der Waals surface area (Å²) in [5.41, 5.74) is 3.29. The highest BCUT2D eigenvalue weighted by Crippen LogP contribution is 2.68. The maximum atomic E-state index is 9.39. The van der Waals surface area contributed by atoms with Crippen molar-refractivity contribution in [3.63, 3.8) is 0 Å². The van der Waals surface area contributed by atoms with Crippen molar-refractivity contribution < 1.29 is 5.21 Å². The Balaban J connectivity index is 1.52. The molecule has 0 aliphatic heterocycles. The Hall–Kier alpha value is -0.790. The van der Waals surface area contributed by atoms with Crippen LogP contribution in [0.3, 0.4) is 0 Å². The van der Waals surface area contributed by atoms with E-state index in [0.717, 1.165) is 47.6 Å². The van der Waals surface area contributed by atoms with Crippen LogP contribution in [0.4, 0.5) is 0 Å². The van der Waals surface area contributed by atoms with Gasteiger partial charge in [-0.05, 0) is 110 Å². The third-order valence-electron chi connectivity index (χ3n) is 10.9. The van der Waals surface area contributed by atoms with Gasteiger partial charge in [-0.2, -0.15) is 0 Å². The number of allylic oxidation sites excluding steroid dienone is 2. The minimum Gasteiger partial charge on any atom is -0.411 e. The van der Waals surface area contributed by atoms with Gasteiger partial charge in [0.1, 0.15) is 0 Å². The molecule has 0 aromatic heterocycles. The van der Waals surface area contributed by atoms with Crippen molar-refractivity contribution in [1.82, 2.24) is 0 Å². The van der Waals surface area contributed by atoms with Crippen LogP contribution in [0.5, 0.6) is 0 Å². The first-order valence-corrected chi connectivity index (χ1v) is 13.1. The van der Waals surface area contributed by atoms with E-state index in [0.29, 0.717) is 16.7 Å². The number of oxime groups is 1. The van der Waals surface area contributed by atoms with E-state index < -0.39 is 0 Å². The molecule has 0 amide bonds. The highest BCUT2D eigenvalue weighted by atomic mass is 16.4. The summed E-state index contributed by atoms with van der Waals surface area (Å²) in [6, 6.07) is 0. The van der Waals surface area contributed by atoms with E-state index in [1.165, 1.54) is 63.4 Å². The second-order valence-electron chi connectivity index (χ2n) is 12.6. The summed E-state index contributed by atoms with van der Waals surface area (Å²) in [4.78, 5) is 0. The van der Waals surface area contributed by atoms with Crippen molar-refractivity contribution in [1.29, 1.82) is 0 Å². The Morgan fingerprint density at radius 3 is 2.50 bits per heavy atom. The van der Waals surface area contributed by atoms with Crippen LogP contribution in [-0.2, 0) is 0 Å². The lowest BCUT2D eigenvalue weighted by Crippen LogP contribution is -2.54. The first-order chi connectivity index (χ1) is 14.2. The number of nitrogens with zero attached hydrogens (tertiary/aromatic N) is 1. The topological polar surface area (TPSA) is 32.6 Å². The van der Waals surface area contributed by atoms with Crippen LogP contribution in [0.2, 0.25) is 0 Å². The molecule has 0 heterocycles. The van der Waals surface area contributed by atoms with E-state index in [1.807, 2.05) is 0 Å². The highest BCUT2D eigenvalue weighted by molar-refractivity contribution is 5.96. The second-order valence-corrected chi connectivity index (χ2v) is 12.6. The van der Waals surface area contributed by atoms with Gasteiger partial charge in [0.15, 0.2) is 0 Å². The molecular weight excluding hydrogens is 366 g/mol.